The van der Waals surface area contributed by atoms with Gasteiger partial charge in [0.1, 0.15) is 10.6 Å². The van der Waals surface area contributed by atoms with E-state index in [1.54, 1.807) is 25.3 Å². The first-order chi connectivity index (χ1) is 16.9. The van der Waals surface area contributed by atoms with E-state index >= 15 is 0 Å². The van der Waals surface area contributed by atoms with Crippen LogP contribution < -0.4 is 15.8 Å². The van der Waals surface area contributed by atoms with Crippen LogP contribution in [-0.2, 0) is 10.3 Å². The average Bonchev–Trinajstić information content (AvgIpc) is 3.11. The van der Waals surface area contributed by atoms with Crippen molar-refractivity contribution < 1.29 is 9.59 Å². The number of anilines is 1. The second-order valence-electron chi connectivity index (χ2n) is 8.80. The van der Waals surface area contributed by atoms with Gasteiger partial charge >= 0.3 is 6.03 Å². The summed E-state index contributed by atoms with van der Waals surface area (Å²) in [6.45, 7) is 4.27. The molecule has 3 heterocycles. The number of imide groups is 1. The molecule has 3 amide bonds. The van der Waals surface area contributed by atoms with Crippen molar-refractivity contribution in [2.45, 2.75) is 12.5 Å². The maximum Gasteiger partial charge on any atom is 0.326 e. The Bertz CT molecular complexity index is 1310. The summed E-state index contributed by atoms with van der Waals surface area (Å²) in [6, 6.07) is 18.0. The number of aromatic nitrogens is 2. The Morgan fingerprint density at radius 2 is 1.57 bits per heavy atom. The van der Waals surface area contributed by atoms with Gasteiger partial charge in [-0.25, -0.2) is 9.69 Å². The van der Waals surface area contributed by atoms with E-state index in [0.717, 1.165) is 5.56 Å². The Labute approximate surface area is 207 Å². The minimum absolute atomic E-state index is 0.116. The first-order valence-corrected chi connectivity index (χ1v) is 11.8. The lowest BCUT2D eigenvalue weighted by atomic mass is 9.92. The Kier molecular flexibility index (Phi) is 6.04. The number of benzene rings is 2. The first kappa shape index (κ1) is 23.1. The topological polar surface area (TPSA) is 90.8 Å². The smallest absolute Gasteiger partial charge is 0.326 e. The molecule has 180 valence electrons. The van der Waals surface area contributed by atoms with Crippen molar-refractivity contribution >= 4 is 29.2 Å². The number of halogens is 1. The van der Waals surface area contributed by atoms with Gasteiger partial charge in [-0.15, -0.1) is 0 Å². The maximum absolute atomic E-state index is 13.2. The molecule has 0 saturated carbocycles. The van der Waals surface area contributed by atoms with Crippen LogP contribution in [-0.4, -0.2) is 64.4 Å². The highest BCUT2D eigenvalue weighted by molar-refractivity contribution is 6.33. The van der Waals surface area contributed by atoms with Crippen molar-refractivity contribution in [1.29, 1.82) is 0 Å². The Balaban J connectivity index is 1.25. The van der Waals surface area contributed by atoms with E-state index in [2.05, 4.69) is 10.4 Å². The molecular weight excluding hydrogens is 468 g/mol. The van der Waals surface area contributed by atoms with Gasteiger partial charge in [-0.2, -0.15) is 9.78 Å². The van der Waals surface area contributed by atoms with Crippen LogP contribution in [0.3, 0.4) is 0 Å². The summed E-state index contributed by atoms with van der Waals surface area (Å²) in [7, 11) is 0. The van der Waals surface area contributed by atoms with Crippen molar-refractivity contribution in [3.05, 3.63) is 87.8 Å². The molecule has 2 aliphatic rings. The van der Waals surface area contributed by atoms with Gasteiger partial charge in [-0.05, 0) is 24.6 Å². The fourth-order valence-electron chi connectivity index (χ4n) is 4.52. The number of para-hydroxylation sites is 1. The molecule has 2 aromatic carbocycles. The van der Waals surface area contributed by atoms with Crippen LogP contribution in [0.1, 0.15) is 12.5 Å². The third-order valence-electron chi connectivity index (χ3n) is 6.58. The molecule has 35 heavy (non-hydrogen) atoms. The Morgan fingerprint density at radius 1 is 0.943 bits per heavy atom. The van der Waals surface area contributed by atoms with E-state index in [9.17, 15) is 14.4 Å². The fraction of sp³-hybridized carbons (Fsp3) is 0.280. The average molecular weight is 493 g/mol. The number of piperazine rings is 1. The Hall–Kier alpha value is -3.69. The number of nitrogens with zero attached hydrogens (tertiary/aromatic N) is 5. The summed E-state index contributed by atoms with van der Waals surface area (Å²) >= 11 is 6.45. The molecule has 5 rings (SSSR count). The number of carbonyl (C=O) groups is 2. The van der Waals surface area contributed by atoms with Gasteiger partial charge < -0.3 is 10.2 Å². The van der Waals surface area contributed by atoms with Gasteiger partial charge in [-0.1, -0.05) is 60.1 Å². The van der Waals surface area contributed by atoms with Crippen molar-refractivity contribution in [3.63, 3.8) is 0 Å². The van der Waals surface area contributed by atoms with Crippen LogP contribution in [0.25, 0.3) is 5.69 Å². The quantitative estimate of drug-likeness (QED) is 0.550. The number of hydrogen-bond acceptors (Lipinski definition) is 6. The van der Waals surface area contributed by atoms with E-state index in [1.807, 2.05) is 58.3 Å². The minimum atomic E-state index is -1.08. The standard InChI is InChI=1S/C25H25ClN6O3/c1-25(18-8-4-2-5-9-18)23(34)31(24(35)28-25)17-29-12-14-30(15-13-29)20-16-27-32(22(33)21(20)26)19-10-6-3-7-11-19/h2-11,16H,12-15,17H2,1H3,(H,28,35)/t25-/m1/s1. The normalized spacial score (nSPS) is 20.9. The molecule has 1 atom stereocenters. The predicted molar refractivity (Wildman–Crippen MR) is 133 cm³/mol. The molecule has 0 radical (unpaired) electrons. The number of rotatable bonds is 5. The summed E-state index contributed by atoms with van der Waals surface area (Å²) in [5, 5.41) is 7.27. The zero-order valence-electron chi connectivity index (χ0n) is 19.2. The van der Waals surface area contributed by atoms with Gasteiger partial charge in [0.25, 0.3) is 11.5 Å². The van der Waals surface area contributed by atoms with Crippen molar-refractivity contribution in [2.24, 2.45) is 0 Å². The highest BCUT2D eigenvalue weighted by atomic mass is 35.5. The monoisotopic (exact) mass is 492 g/mol. The molecule has 2 aliphatic heterocycles. The number of nitrogens with one attached hydrogen (secondary N) is 1. The number of carbonyl (C=O) groups excluding carboxylic acids is 2. The highest BCUT2D eigenvalue weighted by Crippen LogP contribution is 2.29. The first-order valence-electron chi connectivity index (χ1n) is 11.4. The van der Waals surface area contributed by atoms with Crippen LogP contribution in [0.4, 0.5) is 10.5 Å². The molecule has 3 aromatic rings. The van der Waals surface area contributed by atoms with E-state index in [4.69, 9.17) is 11.6 Å². The zero-order chi connectivity index (χ0) is 24.6. The van der Waals surface area contributed by atoms with Gasteiger partial charge in [0, 0.05) is 26.2 Å². The van der Waals surface area contributed by atoms with Gasteiger partial charge in [-0.3, -0.25) is 14.5 Å². The summed E-state index contributed by atoms with van der Waals surface area (Å²) < 4.78 is 1.28. The van der Waals surface area contributed by atoms with Crippen molar-refractivity contribution in [2.75, 3.05) is 37.7 Å². The van der Waals surface area contributed by atoms with E-state index in [0.29, 0.717) is 37.6 Å². The van der Waals surface area contributed by atoms with Crippen LogP contribution in [0.2, 0.25) is 5.02 Å². The minimum Gasteiger partial charge on any atom is -0.366 e. The molecule has 10 heteroatoms. The van der Waals surface area contributed by atoms with Crippen LogP contribution in [0, 0.1) is 0 Å². The Morgan fingerprint density at radius 3 is 2.23 bits per heavy atom. The number of hydrogen-bond donors (Lipinski definition) is 1. The van der Waals surface area contributed by atoms with Gasteiger partial charge in [0.15, 0.2) is 0 Å². The predicted octanol–water partition coefficient (Wildman–Crippen LogP) is 2.43. The highest BCUT2D eigenvalue weighted by Gasteiger charge is 2.49. The van der Waals surface area contributed by atoms with E-state index < -0.39 is 11.6 Å². The van der Waals surface area contributed by atoms with E-state index in [-0.39, 0.29) is 23.2 Å². The number of amides is 3. The molecule has 0 spiro atoms. The van der Waals surface area contributed by atoms with Crippen LogP contribution in [0.15, 0.2) is 71.7 Å². The second-order valence-corrected chi connectivity index (χ2v) is 9.18. The summed E-state index contributed by atoms with van der Waals surface area (Å²) in [5.74, 6) is -0.270. The summed E-state index contributed by atoms with van der Waals surface area (Å²) in [4.78, 5) is 44.0. The van der Waals surface area contributed by atoms with Crippen molar-refractivity contribution in [3.8, 4) is 5.69 Å². The van der Waals surface area contributed by atoms with Crippen LogP contribution in [0.5, 0.6) is 0 Å². The molecule has 9 nitrogen and oxygen atoms in total. The van der Waals surface area contributed by atoms with Crippen molar-refractivity contribution in [1.82, 2.24) is 24.9 Å². The second kappa shape index (κ2) is 9.16. The summed E-state index contributed by atoms with van der Waals surface area (Å²) in [5.41, 5.74) is 0.513. The largest absolute Gasteiger partial charge is 0.366 e. The molecule has 0 unspecified atom stereocenters. The lowest BCUT2D eigenvalue weighted by Crippen LogP contribution is -2.52. The van der Waals surface area contributed by atoms with Gasteiger partial charge in [0.05, 0.1) is 24.2 Å². The maximum atomic E-state index is 13.2. The third kappa shape index (κ3) is 4.17. The van der Waals surface area contributed by atoms with E-state index in [1.165, 1.54) is 9.58 Å². The molecule has 1 N–H and O–H groups in total. The molecule has 2 saturated heterocycles. The SMILES string of the molecule is C[C@]1(c2ccccc2)NC(=O)N(CN2CCN(c3cnn(-c4ccccc4)c(=O)c3Cl)CC2)C1=O. The molecule has 0 bridgehead atoms. The molecule has 1 aromatic heterocycles. The summed E-state index contributed by atoms with van der Waals surface area (Å²) in [6.07, 6.45) is 1.61. The fourth-order valence-corrected chi connectivity index (χ4v) is 4.77. The van der Waals surface area contributed by atoms with Gasteiger partial charge in [0.2, 0.25) is 0 Å². The third-order valence-corrected chi connectivity index (χ3v) is 6.94. The van der Waals surface area contributed by atoms with Crippen LogP contribution >= 0.6 is 11.6 Å². The molecular formula is C25H25ClN6O3. The zero-order valence-corrected chi connectivity index (χ0v) is 20.0. The number of urea groups is 1. The lowest BCUT2D eigenvalue weighted by molar-refractivity contribution is -0.132. The lowest BCUT2D eigenvalue weighted by Gasteiger charge is -2.37. The molecule has 2 fully saturated rings. The molecule has 0 aliphatic carbocycles.